The van der Waals surface area contributed by atoms with Crippen LogP contribution in [0.3, 0.4) is 0 Å². The quantitative estimate of drug-likeness (QED) is 0.407. The van der Waals surface area contributed by atoms with Crippen molar-refractivity contribution in [2.24, 2.45) is 0 Å². The summed E-state index contributed by atoms with van der Waals surface area (Å²) in [5.74, 6) is -0.358. The van der Waals surface area contributed by atoms with Gasteiger partial charge in [0.05, 0.1) is 0 Å². The van der Waals surface area contributed by atoms with E-state index in [1.54, 1.807) is 6.92 Å². The average molecular weight is 146 g/mol. The summed E-state index contributed by atoms with van der Waals surface area (Å²) in [5, 5.41) is 0. The minimum absolute atomic E-state index is 0.358. The monoisotopic (exact) mass is 146 g/mol. The van der Waals surface area contributed by atoms with Crippen LogP contribution in [0.25, 0.3) is 0 Å². The van der Waals surface area contributed by atoms with Gasteiger partial charge in [0.15, 0.2) is 0 Å². The Morgan fingerprint density at radius 1 is 1.67 bits per heavy atom. The van der Waals surface area contributed by atoms with E-state index in [-0.39, 0.29) is 5.97 Å². The van der Waals surface area contributed by atoms with Crippen molar-refractivity contribution in [2.75, 3.05) is 7.11 Å². The van der Waals surface area contributed by atoms with E-state index in [1.165, 1.54) is 7.11 Å². The predicted molar refractivity (Wildman–Crippen MR) is 36.5 cm³/mol. The van der Waals surface area contributed by atoms with Crippen LogP contribution in [0.5, 0.6) is 0 Å². The Morgan fingerprint density at radius 2 is 2.22 bits per heavy atom. The minimum atomic E-state index is -1.08. The second-order valence-electron chi connectivity index (χ2n) is 1.62. The smallest absolute Gasteiger partial charge is 0.369 e. The van der Waals surface area contributed by atoms with E-state index in [0.717, 1.165) is 0 Å². The highest BCUT2D eigenvalue weighted by molar-refractivity contribution is 6.23. The zero-order chi connectivity index (χ0) is 7.28. The van der Waals surface area contributed by atoms with E-state index in [0.29, 0.717) is 5.57 Å². The van der Waals surface area contributed by atoms with Crippen LogP contribution in [0.15, 0.2) is 12.2 Å². The molecule has 0 rings (SSSR count). The summed E-state index contributed by atoms with van der Waals surface area (Å²) in [4.78, 5) is 10.5. The standard InChI is InChI=1S/C5H10O3Si/c1-4(2)5(6)8-9-7-3/h1,9H2,2-3H3. The molecule has 0 heterocycles. The molecule has 0 aromatic carbocycles. The van der Waals surface area contributed by atoms with Crippen LogP contribution >= 0.6 is 0 Å². The van der Waals surface area contributed by atoms with Gasteiger partial charge in [-0.3, -0.25) is 0 Å². The predicted octanol–water partition coefficient (Wildman–Crippen LogP) is -0.249. The van der Waals surface area contributed by atoms with Gasteiger partial charge >= 0.3 is 16.0 Å². The molecule has 0 radical (unpaired) electrons. The first-order valence-corrected chi connectivity index (χ1v) is 3.65. The SMILES string of the molecule is C=C(C)C(=O)O[SiH2]OC. The maximum atomic E-state index is 10.5. The molecule has 0 N–H and O–H groups in total. The van der Waals surface area contributed by atoms with E-state index in [4.69, 9.17) is 0 Å². The van der Waals surface area contributed by atoms with Crippen molar-refractivity contribution in [1.29, 1.82) is 0 Å². The second kappa shape index (κ2) is 4.28. The molecule has 0 aliphatic heterocycles. The summed E-state index contributed by atoms with van der Waals surface area (Å²) in [6, 6.07) is 0. The van der Waals surface area contributed by atoms with Gasteiger partial charge in [0.25, 0.3) is 0 Å². The third-order valence-electron chi connectivity index (χ3n) is 0.656. The normalized spacial score (nSPS) is 10.0. The van der Waals surface area contributed by atoms with Crippen LogP contribution in [0.1, 0.15) is 6.92 Å². The second-order valence-corrected chi connectivity index (χ2v) is 2.72. The number of carbonyl (C=O) groups is 1. The summed E-state index contributed by atoms with van der Waals surface area (Å²) >= 11 is 0. The maximum Gasteiger partial charge on any atom is 0.369 e. The third kappa shape index (κ3) is 3.93. The molecule has 0 fully saturated rings. The van der Waals surface area contributed by atoms with Crippen molar-refractivity contribution in [3.8, 4) is 0 Å². The topological polar surface area (TPSA) is 35.5 Å². The summed E-state index contributed by atoms with van der Waals surface area (Å²) in [5.41, 5.74) is 0.416. The molecule has 0 aromatic heterocycles. The molecule has 3 nitrogen and oxygen atoms in total. The van der Waals surface area contributed by atoms with Gasteiger partial charge in [0, 0.05) is 12.7 Å². The molecular weight excluding hydrogens is 136 g/mol. The van der Waals surface area contributed by atoms with Gasteiger partial charge < -0.3 is 8.85 Å². The minimum Gasteiger partial charge on any atom is -0.496 e. The van der Waals surface area contributed by atoms with Crippen LogP contribution in [-0.2, 0) is 13.6 Å². The number of rotatable bonds is 3. The largest absolute Gasteiger partial charge is 0.496 e. The Labute approximate surface area is 56.7 Å². The highest BCUT2D eigenvalue weighted by atomic mass is 28.3. The Kier molecular flexibility index (Phi) is 3.99. The lowest BCUT2D eigenvalue weighted by Crippen LogP contribution is -2.10. The number of hydrogen-bond donors (Lipinski definition) is 0. The van der Waals surface area contributed by atoms with Gasteiger partial charge in [-0.2, -0.15) is 0 Å². The molecule has 0 bridgehead atoms. The van der Waals surface area contributed by atoms with E-state index < -0.39 is 10.0 Å². The lowest BCUT2D eigenvalue weighted by molar-refractivity contribution is -0.130. The molecule has 0 spiro atoms. The summed E-state index contributed by atoms with van der Waals surface area (Å²) in [6.07, 6.45) is 0. The van der Waals surface area contributed by atoms with Gasteiger partial charge in [-0.25, -0.2) is 4.79 Å². The van der Waals surface area contributed by atoms with Crippen LogP contribution < -0.4 is 0 Å². The zero-order valence-corrected chi connectivity index (χ0v) is 7.05. The number of hydrogen-bond acceptors (Lipinski definition) is 3. The molecule has 0 aliphatic carbocycles. The Balaban J connectivity index is 3.39. The summed E-state index contributed by atoms with van der Waals surface area (Å²) in [6.45, 7) is 5.00. The fourth-order valence-corrected chi connectivity index (χ4v) is 0.707. The zero-order valence-electron chi connectivity index (χ0n) is 5.64. The van der Waals surface area contributed by atoms with Crippen LogP contribution in [0.2, 0.25) is 0 Å². The van der Waals surface area contributed by atoms with Crippen molar-refractivity contribution in [3.63, 3.8) is 0 Å². The molecule has 52 valence electrons. The van der Waals surface area contributed by atoms with E-state index in [2.05, 4.69) is 15.4 Å². The summed E-state index contributed by atoms with van der Waals surface area (Å²) in [7, 11) is 0.433. The van der Waals surface area contributed by atoms with Gasteiger partial charge in [-0.05, 0) is 6.92 Å². The molecule has 9 heavy (non-hydrogen) atoms. The summed E-state index contributed by atoms with van der Waals surface area (Å²) < 4.78 is 9.25. The van der Waals surface area contributed by atoms with Gasteiger partial charge in [-0.15, -0.1) is 0 Å². The highest BCUT2D eigenvalue weighted by Crippen LogP contribution is 1.89. The van der Waals surface area contributed by atoms with E-state index >= 15 is 0 Å². The molecular formula is C5H10O3Si. The highest BCUT2D eigenvalue weighted by Gasteiger charge is 2.00. The number of carbonyl (C=O) groups excluding carboxylic acids is 1. The van der Waals surface area contributed by atoms with E-state index in [9.17, 15) is 4.79 Å². The lowest BCUT2D eigenvalue weighted by Gasteiger charge is -1.99. The fraction of sp³-hybridized carbons (Fsp3) is 0.400. The van der Waals surface area contributed by atoms with Crippen molar-refractivity contribution in [3.05, 3.63) is 12.2 Å². The fourth-order valence-electron chi connectivity index (χ4n) is 0.236. The van der Waals surface area contributed by atoms with Crippen molar-refractivity contribution in [1.82, 2.24) is 0 Å². The maximum absolute atomic E-state index is 10.5. The van der Waals surface area contributed by atoms with Crippen LogP contribution in [-0.4, -0.2) is 23.1 Å². The molecule has 4 heteroatoms. The van der Waals surface area contributed by atoms with Gasteiger partial charge in [0.1, 0.15) is 0 Å². The first kappa shape index (κ1) is 8.39. The Bertz CT molecular complexity index is 121. The molecule has 0 atom stereocenters. The first-order valence-electron chi connectivity index (χ1n) is 2.50. The van der Waals surface area contributed by atoms with Gasteiger partial charge in [0.2, 0.25) is 0 Å². The molecule has 0 aromatic rings. The average Bonchev–Trinajstić information content (AvgIpc) is 1.82. The molecule has 0 saturated heterocycles. The van der Waals surface area contributed by atoms with Crippen molar-refractivity contribution >= 4 is 16.0 Å². The van der Waals surface area contributed by atoms with Crippen molar-refractivity contribution in [2.45, 2.75) is 6.92 Å². The lowest BCUT2D eigenvalue weighted by atomic mass is 10.4. The molecule has 0 unspecified atom stereocenters. The Hall–Kier alpha value is -0.613. The van der Waals surface area contributed by atoms with Crippen LogP contribution in [0.4, 0.5) is 0 Å². The molecule has 0 saturated carbocycles. The molecule has 0 aliphatic rings. The van der Waals surface area contributed by atoms with Gasteiger partial charge in [-0.1, -0.05) is 6.58 Å². The third-order valence-corrected chi connectivity index (χ3v) is 1.27. The Morgan fingerprint density at radius 3 is 2.56 bits per heavy atom. The molecule has 0 amide bonds. The van der Waals surface area contributed by atoms with E-state index in [1.807, 2.05) is 0 Å². The first-order chi connectivity index (χ1) is 4.18. The van der Waals surface area contributed by atoms with Crippen molar-refractivity contribution < 1.29 is 13.6 Å². The van der Waals surface area contributed by atoms with Crippen LogP contribution in [0, 0.1) is 0 Å².